The Kier molecular flexibility index (Phi) is 7.39. The molecule has 0 aliphatic rings. The molecule has 0 unspecified atom stereocenters. The molecule has 0 spiro atoms. The Morgan fingerprint density at radius 2 is 1.96 bits per heavy atom. The lowest BCUT2D eigenvalue weighted by Crippen LogP contribution is -2.19. The van der Waals surface area contributed by atoms with Crippen molar-refractivity contribution >= 4 is 39.4 Å². The molecule has 0 fully saturated rings. The number of carbonyl (C=O) groups is 3. The Hall–Kier alpha value is -2.61. The lowest BCUT2D eigenvalue weighted by atomic mass is 10.1. The molecule has 3 N–H and O–H groups in total. The van der Waals surface area contributed by atoms with Gasteiger partial charge < -0.3 is 14.9 Å². The molecule has 8 heteroatoms. The average Bonchev–Trinajstić information content (AvgIpc) is 2.95. The fourth-order valence-corrected chi connectivity index (χ4v) is 3.32. The van der Waals surface area contributed by atoms with Gasteiger partial charge in [0.05, 0.1) is 16.6 Å². The van der Waals surface area contributed by atoms with Gasteiger partial charge in [0.25, 0.3) is 5.91 Å². The molecule has 1 aromatic carbocycles. The van der Waals surface area contributed by atoms with Crippen LogP contribution in [0.5, 0.6) is 5.75 Å². The number of rotatable bonds is 9. The van der Waals surface area contributed by atoms with E-state index in [0.717, 1.165) is 10.9 Å². The van der Waals surface area contributed by atoms with Gasteiger partial charge in [-0.15, -0.1) is 0 Å². The van der Waals surface area contributed by atoms with E-state index < -0.39 is 5.91 Å². The number of nitrogens with two attached hydrogens (primary N) is 1. The van der Waals surface area contributed by atoms with E-state index in [9.17, 15) is 14.4 Å². The number of ether oxygens (including phenoxy) is 1. The first-order valence-corrected chi connectivity index (χ1v) is 9.69. The second kappa shape index (κ2) is 9.54. The molecular formula is C20H23BrN2O5. The number of primary amides is 1. The van der Waals surface area contributed by atoms with E-state index in [4.69, 9.17) is 14.9 Å². The smallest absolute Gasteiger partial charge is 0.255 e. The normalized spacial score (nSPS) is 10.6. The van der Waals surface area contributed by atoms with Crippen LogP contribution in [0, 0.1) is 6.92 Å². The molecule has 2 amide bonds. The third-order valence-electron chi connectivity index (χ3n) is 4.15. The number of benzene rings is 1. The van der Waals surface area contributed by atoms with Gasteiger partial charge in [-0.3, -0.25) is 19.7 Å². The van der Waals surface area contributed by atoms with Gasteiger partial charge in [-0.05, 0) is 60.3 Å². The van der Waals surface area contributed by atoms with Crippen LogP contribution in [0.25, 0.3) is 0 Å². The van der Waals surface area contributed by atoms with Crippen LogP contribution in [-0.4, -0.2) is 24.2 Å². The molecule has 1 heterocycles. The number of nitrogens with one attached hydrogen (secondary N) is 1. The topological polar surface area (TPSA) is 112 Å². The van der Waals surface area contributed by atoms with E-state index in [-0.39, 0.29) is 40.9 Å². The maximum Gasteiger partial charge on any atom is 0.255 e. The van der Waals surface area contributed by atoms with Gasteiger partial charge in [0, 0.05) is 6.42 Å². The summed E-state index contributed by atoms with van der Waals surface area (Å²) in [5, 5.41) is 2.51. The lowest BCUT2D eigenvalue weighted by molar-refractivity contribution is -0.116. The highest BCUT2D eigenvalue weighted by Crippen LogP contribution is 2.28. The number of carbonyl (C=O) groups excluding carboxylic acids is 3. The molecule has 0 atom stereocenters. The average molecular weight is 451 g/mol. The predicted molar refractivity (Wildman–Crippen MR) is 109 cm³/mol. The minimum Gasteiger partial charge on any atom is -0.492 e. The van der Waals surface area contributed by atoms with Crippen molar-refractivity contribution in [2.75, 3.05) is 11.9 Å². The van der Waals surface area contributed by atoms with Gasteiger partial charge >= 0.3 is 0 Å². The summed E-state index contributed by atoms with van der Waals surface area (Å²) in [7, 11) is 0. The van der Waals surface area contributed by atoms with Crippen molar-refractivity contribution < 1.29 is 23.5 Å². The number of Topliss-reactive ketones (excluding diaryl/α,β-unsaturated/α-hetero) is 1. The Morgan fingerprint density at radius 3 is 2.54 bits per heavy atom. The molecule has 0 radical (unpaired) electrons. The molecule has 28 heavy (non-hydrogen) atoms. The Morgan fingerprint density at radius 1 is 1.25 bits per heavy atom. The van der Waals surface area contributed by atoms with Crippen molar-refractivity contribution in [3.05, 3.63) is 45.1 Å². The monoisotopic (exact) mass is 450 g/mol. The summed E-state index contributed by atoms with van der Waals surface area (Å²) in [6.07, 6.45) is 1.54. The van der Waals surface area contributed by atoms with E-state index in [1.54, 1.807) is 0 Å². The second-order valence-electron chi connectivity index (χ2n) is 6.28. The highest BCUT2D eigenvalue weighted by Gasteiger charge is 2.26. The van der Waals surface area contributed by atoms with Gasteiger partial charge in [-0.1, -0.05) is 13.0 Å². The number of amides is 2. The number of anilines is 1. The van der Waals surface area contributed by atoms with Crippen molar-refractivity contribution in [3.8, 4) is 5.75 Å². The fourth-order valence-electron chi connectivity index (χ4n) is 2.78. The summed E-state index contributed by atoms with van der Waals surface area (Å²) < 4.78 is 11.9. The SMILES string of the molecule is CCc1ccc(OCCCC(=O)Nc2oc(C)c(C(C)=O)c2C(N)=O)c(Br)c1. The Bertz CT molecular complexity index is 904. The Balaban J connectivity index is 1.92. The van der Waals surface area contributed by atoms with E-state index in [1.807, 2.05) is 18.2 Å². The van der Waals surface area contributed by atoms with Crippen molar-refractivity contribution in [2.45, 2.75) is 40.0 Å². The number of aryl methyl sites for hydroxylation is 2. The van der Waals surface area contributed by atoms with Crippen LogP contribution >= 0.6 is 15.9 Å². The van der Waals surface area contributed by atoms with Crippen LogP contribution in [0.2, 0.25) is 0 Å². The first-order valence-electron chi connectivity index (χ1n) is 8.89. The first-order chi connectivity index (χ1) is 13.2. The predicted octanol–water partition coefficient (Wildman–Crippen LogP) is 4.01. The third-order valence-corrected chi connectivity index (χ3v) is 4.77. The molecule has 2 aromatic rings. The molecule has 150 valence electrons. The number of furan rings is 1. The van der Waals surface area contributed by atoms with Gasteiger partial charge in [0.15, 0.2) is 5.78 Å². The second-order valence-corrected chi connectivity index (χ2v) is 7.13. The zero-order valence-corrected chi connectivity index (χ0v) is 17.6. The highest BCUT2D eigenvalue weighted by molar-refractivity contribution is 9.10. The minimum atomic E-state index is -0.832. The molecule has 0 aliphatic heterocycles. The number of hydrogen-bond donors (Lipinski definition) is 2. The van der Waals surface area contributed by atoms with E-state index in [2.05, 4.69) is 28.2 Å². The summed E-state index contributed by atoms with van der Waals surface area (Å²) in [6, 6.07) is 5.88. The summed E-state index contributed by atoms with van der Waals surface area (Å²) in [6.45, 7) is 5.26. The molecule has 0 saturated carbocycles. The van der Waals surface area contributed by atoms with Crippen LogP contribution in [0.4, 0.5) is 5.88 Å². The molecular weight excluding hydrogens is 428 g/mol. The van der Waals surface area contributed by atoms with Crippen LogP contribution < -0.4 is 15.8 Å². The van der Waals surface area contributed by atoms with Crippen LogP contribution in [0.3, 0.4) is 0 Å². The standard InChI is InChI=1S/C20H23BrN2O5/c1-4-13-7-8-15(14(21)10-13)27-9-5-6-16(25)23-20-18(19(22)26)17(11(2)24)12(3)28-20/h7-8,10H,4-6,9H2,1-3H3,(H2,22,26)(H,23,25). The molecule has 0 aliphatic carbocycles. The summed E-state index contributed by atoms with van der Waals surface area (Å²) in [4.78, 5) is 35.5. The largest absolute Gasteiger partial charge is 0.492 e. The maximum absolute atomic E-state index is 12.2. The van der Waals surface area contributed by atoms with Crippen molar-refractivity contribution in [1.82, 2.24) is 0 Å². The maximum atomic E-state index is 12.2. The summed E-state index contributed by atoms with van der Waals surface area (Å²) in [5.74, 6) is -0.708. The first kappa shape index (κ1) is 21.7. The van der Waals surface area contributed by atoms with E-state index >= 15 is 0 Å². The van der Waals surface area contributed by atoms with Crippen LogP contribution in [0.15, 0.2) is 27.1 Å². The highest BCUT2D eigenvalue weighted by atomic mass is 79.9. The number of ketones is 1. The fraction of sp³-hybridized carbons (Fsp3) is 0.350. The summed E-state index contributed by atoms with van der Waals surface area (Å²) >= 11 is 3.47. The van der Waals surface area contributed by atoms with Crippen molar-refractivity contribution in [3.63, 3.8) is 0 Å². The van der Waals surface area contributed by atoms with Crippen molar-refractivity contribution in [1.29, 1.82) is 0 Å². The molecule has 0 bridgehead atoms. The lowest BCUT2D eigenvalue weighted by Gasteiger charge is -2.09. The van der Waals surface area contributed by atoms with Crippen LogP contribution in [0.1, 0.15) is 58.7 Å². The number of halogens is 1. The summed E-state index contributed by atoms with van der Waals surface area (Å²) in [5.41, 5.74) is 6.52. The van der Waals surface area contributed by atoms with Crippen molar-refractivity contribution in [2.24, 2.45) is 5.73 Å². The minimum absolute atomic E-state index is 0.0894. The molecule has 1 aromatic heterocycles. The molecule has 0 saturated heterocycles. The van der Waals surface area contributed by atoms with Gasteiger partial charge in [-0.2, -0.15) is 0 Å². The zero-order valence-electron chi connectivity index (χ0n) is 16.1. The zero-order chi connectivity index (χ0) is 20.8. The Labute approximate surface area is 171 Å². The molecule has 7 nitrogen and oxygen atoms in total. The third kappa shape index (κ3) is 5.22. The van der Waals surface area contributed by atoms with E-state index in [1.165, 1.54) is 19.4 Å². The molecule has 2 rings (SSSR count). The van der Waals surface area contributed by atoms with Gasteiger partial charge in [-0.25, -0.2) is 0 Å². The quantitative estimate of drug-likeness (QED) is 0.442. The van der Waals surface area contributed by atoms with Gasteiger partial charge in [0.1, 0.15) is 17.1 Å². The van der Waals surface area contributed by atoms with E-state index in [0.29, 0.717) is 18.8 Å². The van der Waals surface area contributed by atoms with Gasteiger partial charge in [0.2, 0.25) is 11.8 Å². The van der Waals surface area contributed by atoms with Crippen LogP contribution in [-0.2, 0) is 11.2 Å². The number of hydrogen-bond acceptors (Lipinski definition) is 5.